The second-order valence-electron chi connectivity index (χ2n) is 4.89. The second kappa shape index (κ2) is 5.09. The summed E-state index contributed by atoms with van der Waals surface area (Å²) >= 11 is 0. The first kappa shape index (κ1) is 13.1. The first-order chi connectivity index (χ1) is 8.96. The van der Waals surface area contributed by atoms with E-state index in [1.54, 1.807) is 45.3 Å². The SMILES string of the molecule is CC(C)(C)OC(=O)Nc1ncccc1-c1cnco1. The lowest BCUT2D eigenvalue weighted by Gasteiger charge is -2.19. The molecule has 2 aromatic heterocycles. The molecule has 0 unspecified atom stereocenters. The quantitative estimate of drug-likeness (QED) is 0.898. The summed E-state index contributed by atoms with van der Waals surface area (Å²) in [4.78, 5) is 19.7. The van der Waals surface area contributed by atoms with E-state index in [4.69, 9.17) is 9.15 Å². The molecule has 0 bridgehead atoms. The zero-order valence-corrected chi connectivity index (χ0v) is 11.0. The van der Waals surface area contributed by atoms with Gasteiger partial charge in [-0.05, 0) is 32.9 Å². The largest absolute Gasteiger partial charge is 0.444 e. The molecule has 100 valence electrons. The lowest BCUT2D eigenvalue weighted by Crippen LogP contribution is -2.27. The fraction of sp³-hybridized carbons (Fsp3) is 0.308. The van der Waals surface area contributed by atoms with Crippen molar-refractivity contribution in [1.29, 1.82) is 0 Å². The highest BCUT2D eigenvalue weighted by Gasteiger charge is 2.18. The van der Waals surface area contributed by atoms with Crippen LogP contribution in [-0.2, 0) is 4.74 Å². The Bertz CT molecular complexity index is 559. The van der Waals surface area contributed by atoms with Gasteiger partial charge in [0, 0.05) is 6.20 Å². The number of hydrogen-bond donors (Lipinski definition) is 1. The van der Waals surface area contributed by atoms with Crippen molar-refractivity contribution in [2.24, 2.45) is 0 Å². The molecule has 0 aromatic carbocycles. The van der Waals surface area contributed by atoms with Gasteiger partial charge in [-0.3, -0.25) is 5.32 Å². The van der Waals surface area contributed by atoms with Crippen molar-refractivity contribution in [2.75, 3.05) is 5.32 Å². The summed E-state index contributed by atoms with van der Waals surface area (Å²) in [5.41, 5.74) is 0.0801. The standard InChI is InChI=1S/C13H15N3O3/c1-13(2,3)19-12(17)16-11-9(5-4-6-15-11)10-7-14-8-18-10/h4-8H,1-3H3,(H,15,16,17). The van der Waals surface area contributed by atoms with Crippen molar-refractivity contribution < 1.29 is 13.9 Å². The van der Waals surface area contributed by atoms with E-state index < -0.39 is 11.7 Å². The van der Waals surface area contributed by atoms with Gasteiger partial charge in [0.15, 0.2) is 12.2 Å². The van der Waals surface area contributed by atoms with E-state index >= 15 is 0 Å². The van der Waals surface area contributed by atoms with Crippen LogP contribution in [0.3, 0.4) is 0 Å². The first-order valence-corrected chi connectivity index (χ1v) is 5.79. The molecule has 2 heterocycles. The van der Waals surface area contributed by atoms with Gasteiger partial charge < -0.3 is 9.15 Å². The van der Waals surface area contributed by atoms with Crippen molar-refractivity contribution in [3.8, 4) is 11.3 Å². The normalized spacial score (nSPS) is 11.1. The lowest BCUT2D eigenvalue weighted by molar-refractivity contribution is 0.0635. The maximum Gasteiger partial charge on any atom is 0.413 e. The van der Waals surface area contributed by atoms with Crippen LogP contribution in [0.25, 0.3) is 11.3 Å². The third-order valence-corrected chi connectivity index (χ3v) is 2.12. The van der Waals surface area contributed by atoms with E-state index in [0.717, 1.165) is 0 Å². The number of rotatable bonds is 2. The molecule has 0 spiro atoms. The van der Waals surface area contributed by atoms with E-state index in [2.05, 4.69) is 15.3 Å². The number of nitrogens with one attached hydrogen (secondary N) is 1. The zero-order chi connectivity index (χ0) is 13.9. The van der Waals surface area contributed by atoms with Gasteiger partial charge in [0.2, 0.25) is 0 Å². The monoisotopic (exact) mass is 261 g/mol. The minimum Gasteiger partial charge on any atom is -0.444 e. The molecule has 2 rings (SSSR count). The summed E-state index contributed by atoms with van der Waals surface area (Å²) in [5, 5.41) is 2.60. The molecule has 0 fully saturated rings. The highest BCUT2D eigenvalue weighted by atomic mass is 16.6. The van der Waals surface area contributed by atoms with Gasteiger partial charge in [0.1, 0.15) is 11.4 Å². The van der Waals surface area contributed by atoms with Crippen molar-refractivity contribution in [3.63, 3.8) is 0 Å². The molecular formula is C13H15N3O3. The van der Waals surface area contributed by atoms with Crippen LogP contribution < -0.4 is 5.32 Å². The molecule has 0 saturated heterocycles. The van der Waals surface area contributed by atoms with Gasteiger partial charge in [-0.1, -0.05) is 0 Å². The molecule has 0 radical (unpaired) electrons. The third-order valence-electron chi connectivity index (χ3n) is 2.12. The number of amides is 1. The Morgan fingerprint density at radius 1 is 1.42 bits per heavy atom. The number of pyridine rings is 1. The van der Waals surface area contributed by atoms with Gasteiger partial charge >= 0.3 is 6.09 Å². The molecule has 0 saturated carbocycles. The van der Waals surface area contributed by atoms with Gasteiger partial charge in [0.25, 0.3) is 0 Å². The lowest BCUT2D eigenvalue weighted by atomic mass is 10.2. The van der Waals surface area contributed by atoms with Gasteiger partial charge in [-0.15, -0.1) is 0 Å². The summed E-state index contributed by atoms with van der Waals surface area (Å²) in [5.74, 6) is 0.896. The molecular weight excluding hydrogens is 246 g/mol. The van der Waals surface area contributed by atoms with Crippen molar-refractivity contribution in [3.05, 3.63) is 30.9 Å². The Kier molecular flexibility index (Phi) is 3.50. The van der Waals surface area contributed by atoms with Crippen LogP contribution in [0.5, 0.6) is 0 Å². The molecule has 6 nitrogen and oxygen atoms in total. The molecule has 0 aliphatic rings. The molecule has 0 atom stereocenters. The van der Waals surface area contributed by atoms with Crippen molar-refractivity contribution >= 4 is 11.9 Å². The number of carbonyl (C=O) groups excluding carboxylic acids is 1. The highest BCUT2D eigenvalue weighted by Crippen LogP contribution is 2.25. The van der Waals surface area contributed by atoms with Gasteiger partial charge in [-0.25, -0.2) is 14.8 Å². The highest BCUT2D eigenvalue weighted by molar-refractivity contribution is 5.88. The Morgan fingerprint density at radius 3 is 2.84 bits per heavy atom. The number of anilines is 1. The fourth-order valence-corrected chi connectivity index (χ4v) is 1.45. The van der Waals surface area contributed by atoms with Crippen LogP contribution in [0.2, 0.25) is 0 Å². The van der Waals surface area contributed by atoms with Crippen molar-refractivity contribution in [1.82, 2.24) is 9.97 Å². The Hall–Kier alpha value is -2.37. The summed E-state index contributed by atoms with van der Waals surface area (Å²) in [7, 11) is 0. The minimum atomic E-state index is -0.564. The second-order valence-corrected chi connectivity index (χ2v) is 4.89. The molecule has 19 heavy (non-hydrogen) atoms. The smallest absolute Gasteiger partial charge is 0.413 e. The molecule has 1 amide bonds. The van der Waals surface area contributed by atoms with Crippen LogP contribution in [0.1, 0.15) is 20.8 Å². The molecule has 0 aliphatic carbocycles. The summed E-state index contributed by atoms with van der Waals surface area (Å²) in [6.07, 6.45) is 3.88. The average molecular weight is 261 g/mol. The van der Waals surface area contributed by atoms with Gasteiger partial charge in [-0.2, -0.15) is 0 Å². The third kappa shape index (κ3) is 3.54. The van der Waals surface area contributed by atoms with Crippen LogP contribution in [-0.4, -0.2) is 21.7 Å². The van der Waals surface area contributed by atoms with E-state index in [1.807, 2.05) is 0 Å². The number of ether oxygens (including phenoxy) is 1. The van der Waals surface area contributed by atoms with Gasteiger partial charge in [0.05, 0.1) is 11.8 Å². The summed E-state index contributed by atoms with van der Waals surface area (Å²) in [6.45, 7) is 5.38. The predicted molar refractivity (Wildman–Crippen MR) is 69.6 cm³/mol. The maximum absolute atomic E-state index is 11.7. The first-order valence-electron chi connectivity index (χ1n) is 5.79. The minimum absolute atomic E-state index is 0.369. The topological polar surface area (TPSA) is 77.2 Å². The van der Waals surface area contributed by atoms with Crippen molar-refractivity contribution in [2.45, 2.75) is 26.4 Å². The van der Waals surface area contributed by atoms with Crippen LogP contribution in [0.15, 0.2) is 35.3 Å². The molecule has 1 N–H and O–H groups in total. The van der Waals surface area contributed by atoms with Crippen LogP contribution in [0.4, 0.5) is 10.6 Å². The molecule has 0 aliphatic heterocycles. The molecule has 6 heteroatoms. The number of aromatic nitrogens is 2. The van der Waals surface area contributed by atoms with E-state index in [-0.39, 0.29) is 0 Å². The predicted octanol–water partition coefficient (Wildman–Crippen LogP) is 3.08. The van der Waals surface area contributed by atoms with E-state index in [0.29, 0.717) is 17.1 Å². The molecule has 2 aromatic rings. The maximum atomic E-state index is 11.7. The van der Waals surface area contributed by atoms with E-state index in [1.165, 1.54) is 6.39 Å². The van der Waals surface area contributed by atoms with Crippen LogP contribution in [0, 0.1) is 0 Å². The number of oxazole rings is 1. The fourth-order valence-electron chi connectivity index (χ4n) is 1.45. The van der Waals surface area contributed by atoms with E-state index in [9.17, 15) is 4.79 Å². The summed E-state index contributed by atoms with van der Waals surface area (Å²) < 4.78 is 10.4. The Balaban J connectivity index is 2.20. The summed E-state index contributed by atoms with van der Waals surface area (Å²) in [6, 6.07) is 3.53. The number of carbonyl (C=O) groups is 1. The number of nitrogens with zero attached hydrogens (tertiary/aromatic N) is 2. The Labute approximate surface area is 110 Å². The zero-order valence-electron chi connectivity index (χ0n) is 11.0. The Morgan fingerprint density at radius 2 is 2.21 bits per heavy atom. The van der Waals surface area contributed by atoms with Crippen LogP contribution >= 0.6 is 0 Å². The number of hydrogen-bond acceptors (Lipinski definition) is 5. The average Bonchev–Trinajstić information content (AvgIpc) is 2.80.